The van der Waals surface area contributed by atoms with Crippen LogP contribution in [0.2, 0.25) is 5.02 Å². The van der Waals surface area contributed by atoms with Crippen LogP contribution in [0.3, 0.4) is 0 Å². The Bertz CT molecular complexity index is 1050. The fraction of sp³-hybridized carbons (Fsp3) is 0.0588. The van der Waals surface area contributed by atoms with Gasteiger partial charge in [-0.3, -0.25) is 4.68 Å². The zero-order chi connectivity index (χ0) is 18.0. The predicted octanol–water partition coefficient (Wildman–Crippen LogP) is 3.04. The molecule has 0 radical (unpaired) electrons. The number of nitrogens with zero attached hydrogens (tertiary/aromatic N) is 3. The highest BCUT2D eigenvalue weighted by Gasteiger charge is 2.15. The van der Waals surface area contributed by atoms with E-state index in [1.165, 1.54) is 16.8 Å². The maximum atomic E-state index is 11.4. The molecule has 1 heterocycles. The second-order valence-electron chi connectivity index (χ2n) is 5.32. The van der Waals surface area contributed by atoms with Crippen molar-refractivity contribution in [3.05, 3.63) is 59.8 Å². The Morgan fingerprint density at radius 1 is 1.08 bits per heavy atom. The molecule has 8 heteroatoms. The van der Waals surface area contributed by atoms with E-state index < -0.39 is 10.0 Å². The number of primary sulfonamides is 1. The molecule has 0 aliphatic heterocycles. The van der Waals surface area contributed by atoms with E-state index in [0.717, 1.165) is 11.1 Å². The summed E-state index contributed by atoms with van der Waals surface area (Å²) in [6.45, 7) is 0.107. The Hall–Kier alpha value is -2.66. The molecule has 6 nitrogen and oxygen atoms in total. The molecule has 126 valence electrons. The molecule has 3 aromatic rings. The maximum Gasteiger partial charge on any atom is 0.238 e. The molecule has 0 saturated carbocycles. The van der Waals surface area contributed by atoms with Crippen molar-refractivity contribution >= 4 is 21.6 Å². The van der Waals surface area contributed by atoms with Crippen molar-refractivity contribution in [2.45, 2.75) is 11.4 Å². The molecule has 1 aromatic heterocycles. The summed E-state index contributed by atoms with van der Waals surface area (Å²) >= 11 is 5.94. The van der Waals surface area contributed by atoms with E-state index in [9.17, 15) is 8.42 Å². The van der Waals surface area contributed by atoms with Crippen molar-refractivity contribution in [3.63, 3.8) is 0 Å². The smallest absolute Gasteiger partial charge is 0.238 e. The first-order valence-corrected chi connectivity index (χ1v) is 9.14. The largest absolute Gasteiger partial charge is 0.257 e. The Labute approximate surface area is 150 Å². The molecule has 0 aliphatic rings. The van der Waals surface area contributed by atoms with Gasteiger partial charge in [0.05, 0.1) is 11.0 Å². The highest BCUT2D eigenvalue weighted by molar-refractivity contribution is 7.89. The van der Waals surface area contributed by atoms with Gasteiger partial charge >= 0.3 is 0 Å². The number of nitriles is 1. The van der Waals surface area contributed by atoms with Crippen molar-refractivity contribution in [1.29, 1.82) is 5.26 Å². The van der Waals surface area contributed by atoms with Gasteiger partial charge in [0.15, 0.2) is 0 Å². The normalized spacial score (nSPS) is 11.2. The molecule has 0 aliphatic carbocycles. The van der Waals surface area contributed by atoms with Gasteiger partial charge in [-0.2, -0.15) is 10.4 Å². The molecule has 0 saturated heterocycles. The van der Waals surface area contributed by atoms with E-state index in [2.05, 4.69) is 5.10 Å². The summed E-state index contributed by atoms with van der Waals surface area (Å²) in [7, 11) is -3.76. The molecule has 0 fully saturated rings. The Morgan fingerprint density at radius 2 is 1.68 bits per heavy atom. The summed E-state index contributed by atoms with van der Waals surface area (Å²) in [4.78, 5) is 0.0285. The number of hydrogen-bond acceptors (Lipinski definition) is 4. The van der Waals surface area contributed by atoms with Gasteiger partial charge in [0.1, 0.15) is 12.2 Å². The van der Waals surface area contributed by atoms with Crippen LogP contribution in [0.1, 0.15) is 0 Å². The summed E-state index contributed by atoms with van der Waals surface area (Å²) < 4.78 is 24.3. The van der Waals surface area contributed by atoms with E-state index in [1.807, 2.05) is 18.2 Å². The number of nitrogens with two attached hydrogens (primary N) is 1. The average molecular weight is 373 g/mol. The minimum Gasteiger partial charge on any atom is -0.257 e. The maximum absolute atomic E-state index is 11.4. The predicted molar refractivity (Wildman–Crippen MR) is 95.1 cm³/mol. The van der Waals surface area contributed by atoms with E-state index in [1.54, 1.807) is 30.5 Å². The first kappa shape index (κ1) is 17.2. The van der Waals surface area contributed by atoms with Gasteiger partial charge in [-0.25, -0.2) is 13.6 Å². The Balaban J connectivity index is 2.11. The van der Waals surface area contributed by atoms with Crippen LogP contribution in [0.15, 0.2) is 59.6 Å². The van der Waals surface area contributed by atoms with Crippen molar-refractivity contribution in [2.24, 2.45) is 5.14 Å². The van der Waals surface area contributed by atoms with Gasteiger partial charge in [0.25, 0.3) is 0 Å². The van der Waals surface area contributed by atoms with Crippen LogP contribution in [-0.4, -0.2) is 18.2 Å². The lowest BCUT2D eigenvalue weighted by atomic mass is 10.0. The molecule has 2 aromatic carbocycles. The molecular weight excluding hydrogens is 360 g/mol. The van der Waals surface area contributed by atoms with Crippen LogP contribution < -0.4 is 5.14 Å². The first-order valence-electron chi connectivity index (χ1n) is 7.22. The van der Waals surface area contributed by atoms with Gasteiger partial charge in [-0.1, -0.05) is 35.9 Å². The Kier molecular flexibility index (Phi) is 4.59. The third-order valence-corrected chi connectivity index (χ3v) is 4.79. The molecule has 0 unspecified atom stereocenters. The fourth-order valence-electron chi connectivity index (χ4n) is 2.43. The van der Waals surface area contributed by atoms with Crippen molar-refractivity contribution < 1.29 is 8.42 Å². The van der Waals surface area contributed by atoms with Gasteiger partial charge in [0.2, 0.25) is 10.0 Å². The minimum atomic E-state index is -3.76. The summed E-state index contributed by atoms with van der Waals surface area (Å²) in [5.74, 6) is 0. The van der Waals surface area contributed by atoms with Crippen LogP contribution in [0, 0.1) is 11.3 Å². The number of halogens is 1. The number of sulfonamides is 1. The first-order chi connectivity index (χ1) is 11.9. The monoisotopic (exact) mass is 372 g/mol. The second kappa shape index (κ2) is 6.69. The number of benzene rings is 2. The van der Waals surface area contributed by atoms with E-state index in [0.29, 0.717) is 16.3 Å². The summed E-state index contributed by atoms with van der Waals surface area (Å²) in [5.41, 5.74) is 3.06. The molecule has 3 rings (SSSR count). The lowest BCUT2D eigenvalue weighted by Crippen LogP contribution is -2.11. The quantitative estimate of drug-likeness (QED) is 0.760. The third kappa shape index (κ3) is 3.72. The minimum absolute atomic E-state index is 0.0285. The highest BCUT2D eigenvalue weighted by Crippen LogP contribution is 2.32. The summed E-state index contributed by atoms with van der Waals surface area (Å²) in [5, 5.41) is 19.1. The van der Waals surface area contributed by atoms with E-state index in [4.69, 9.17) is 22.0 Å². The van der Waals surface area contributed by atoms with Crippen molar-refractivity contribution in [3.8, 4) is 28.5 Å². The van der Waals surface area contributed by atoms with Gasteiger partial charge < -0.3 is 0 Å². The fourth-order valence-corrected chi connectivity index (χ4v) is 3.07. The summed E-state index contributed by atoms with van der Waals surface area (Å²) in [6, 6.07) is 15.4. The third-order valence-electron chi connectivity index (χ3n) is 3.61. The zero-order valence-corrected chi connectivity index (χ0v) is 14.5. The van der Waals surface area contributed by atoms with E-state index >= 15 is 0 Å². The topological polar surface area (TPSA) is 102 Å². The van der Waals surface area contributed by atoms with Crippen molar-refractivity contribution in [1.82, 2.24) is 9.78 Å². The van der Waals surface area contributed by atoms with Gasteiger partial charge in [-0.05, 0) is 29.8 Å². The van der Waals surface area contributed by atoms with E-state index in [-0.39, 0.29) is 11.4 Å². The number of aromatic nitrogens is 2. The molecule has 0 atom stereocenters. The molecule has 2 N–H and O–H groups in total. The zero-order valence-electron chi connectivity index (χ0n) is 12.9. The molecule has 25 heavy (non-hydrogen) atoms. The Morgan fingerprint density at radius 3 is 2.24 bits per heavy atom. The lowest BCUT2D eigenvalue weighted by Gasteiger charge is -2.04. The average Bonchev–Trinajstić information content (AvgIpc) is 2.99. The van der Waals surface area contributed by atoms with Crippen molar-refractivity contribution in [2.75, 3.05) is 0 Å². The van der Waals surface area contributed by atoms with Crippen LogP contribution in [0.4, 0.5) is 0 Å². The molecule has 0 amide bonds. The van der Waals surface area contributed by atoms with Crippen LogP contribution >= 0.6 is 11.6 Å². The lowest BCUT2D eigenvalue weighted by molar-refractivity contribution is 0.598. The highest BCUT2D eigenvalue weighted by atomic mass is 35.5. The standard InChI is InChI=1S/C17H13ClN4O2S/c18-14-5-1-12(2-6-14)16-11-22(10-9-19)21-17(16)13-3-7-15(8-4-13)25(20,23)24/h1-8,11H,10H2,(H2,20,23,24). The van der Waals surface area contributed by atoms with Crippen LogP contribution in [0.25, 0.3) is 22.4 Å². The van der Waals surface area contributed by atoms with Crippen LogP contribution in [-0.2, 0) is 16.6 Å². The molecular formula is C17H13ClN4O2S. The van der Waals surface area contributed by atoms with Gasteiger partial charge in [0, 0.05) is 22.3 Å². The summed E-state index contributed by atoms with van der Waals surface area (Å²) in [6.07, 6.45) is 1.77. The second-order valence-corrected chi connectivity index (χ2v) is 7.32. The molecule has 0 bridgehead atoms. The van der Waals surface area contributed by atoms with Gasteiger partial charge in [-0.15, -0.1) is 0 Å². The number of rotatable bonds is 4. The SMILES string of the molecule is N#CCn1cc(-c2ccc(Cl)cc2)c(-c2ccc(S(N)(=O)=O)cc2)n1. The molecule has 0 spiro atoms. The number of hydrogen-bond donors (Lipinski definition) is 1. The van der Waals surface area contributed by atoms with Crippen LogP contribution in [0.5, 0.6) is 0 Å².